The first-order chi connectivity index (χ1) is 9.51. The van der Waals surface area contributed by atoms with Gasteiger partial charge in [0.1, 0.15) is 5.54 Å². The standard InChI is InChI=1S/C16H22ClNO2/c1-11-7-6-10-16(12(11)2,15(19)20-3)18-14-9-5-4-8-13(14)17/h4-5,8-9,11-12,18H,6-7,10H2,1-3H3. The Morgan fingerprint density at radius 3 is 2.75 bits per heavy atom. The number of rotatable bonds is 3. The van der Waals surface area contributed by atoms with Gasteiger partial charge in [-0.15, -0.1) is 0 Å². The van der Waals surface area contributed by atoms with Gasteiger partial charge >= 0.3 is 5.97 Å². The molecule has 0 bridgehead atoms. The van der Waals surface area contributed by atoms with Gasteiger partial charge in [-0.05, 0) is 30.4 Å². The summed E-state index contributed by atoms with van der Waals surface area (Å²) in [6.07, 6.45) is 2.93. The summed E-state index contributed by atoms with van der Waals surface area (Å²) in [7, 11) is 1.45. The van der Waals surface area contributed by atoms with E-state index in [2.05, 4.69) is 19.2 Å². The predicted molar refractivity (Wildman–Crippen MR) is 82.0 cm³/mol. The first-order valence-electron chi connectivity index (χ1n) is 7.12. The van der Waals surface area contributed by atoms with E-state index in [0.717, 1.165) is 24.9 Å². The Hall–Kier alpha value is -1.22. The zero-order chi connectivity index (χ0) is 14.8. The Kier molecular flexibility index (Phi) is 4.59. The van der Waals surface area contributed by atoms with Crippen LogP contribution in [-0.4, -0.2) is 18.6 Å². The molecule has 1 saturated carbocycles. The van der Waals surface area contributed by atoms with Gasteiger partial charge in [0, 0.05) is 0 Å². The fourth-order valence-corrected chi connectivity index (χ4v) is 3.35. The quantitative estimate of drug-likeness (QED) is 0.853. The third kappa shape index (κ3) is 2.64. The van der Waals surface area contributed by atoms with E-state index < -0.39 is 5.54 Å². The Bertz CT molecular complexity index is 491. The van der Waals surface area contributed by atoms with Crippen LogP contribution in [0.4, 0.5) is 5.69 Å². The van der Waals surface area contributed by atoms with Crippen LogP contribution >= 0.6 is 11.6 Å². The SMILES string of the molecule is COC(=O)C1(Nc2ccccc2Cl)CCCC(C)C1C. The molecule has 0 radical (unpaired) electrons. The van der Waals surface area contributed by atoms with Crippen LogP contribution in [0.3, 0.4) is 0 Å². The molecule has 2 rings (SSSR count). The minimum Gasteiger partial charge on any atom is -0.467 e. The average molecular weight is 296 g/mol. The first-order valence-corrected chi connectivity index (χ1v) is 7.50. The van der Waals surface area contributed by atoms with Gasteiger partial charge in [-0.2, -0.15) is 0 Å². The van der Waals surface area contributed by atoms with E-state index in [1.807, 2.05) is 24.3 Å². The van der Waals surface area contributed by atoms with E-state index in [-0.39, 0.29) is 11.9 Å². The van der Waals surface area contributed by atoms with Gasteiger partial charge in [-0.3, -0.25) is 0 Å². The highest BCUT2D eigenvalue weighted by Gasteiger charge is 2.48. The molecule has 3 nitrogen and oxygen atoms in total. The van der Waals surface area contributed by atoms with E-state index in [1.54, 1.807) is 0 Å². The van der Waals surface area contributed by atoms with Gasteiger partial charge < -0.3 is 10.1 Å². The molecule has 3 unspecified atom stereocenters. The first kappa shape index (κ1) is 15.2. The number of nitrogens with one attached hydrogen (secondary N) is 1. The fraction of sp³-hybridized carbons (Fsp3) is 0.562. The highest BCUT2D eigenvalue weighted by Crippen LogP contribution is 2.41. The molecule has 1 aliphatic carbocycles. The normalized spacial score (nSPS) is 29.8. The molecule has 20 heavy (non-hydrogen) atoms. The monoisotopic (exact) mass is 295 g/mol. The smallest absolute Gasteiger partial charge is 0.331 e. The van der Waals surface area contributed by atoms with Crippen molar-refractivity contribution >= 4 is 23.3 Å². The van der Waals surface area contributed by atoms with Crippen molar-refractivity contribution in [2.24, 2.45) is 11.8 Å². The van der Waals surface area contributed by atoms with Crippen molar-refractivity contribution in [2.75, 3.05) is 12.4 Å². The summed E-state index contributed by atoms with van der Waals surface area (Å²) in [5.41, 5.74) is 0.109. The Morgan fingerprint density at radius 2 is 2.10 bits per heavy atom. The highest BCUT2D eigenvalue weighted by atomic mass is 35.5. The third-order valence-corrected chi connectivity index (χ3v) is 4.97. The Labute approximate surface area is 125 Å². The van der Waals surface area contributed by atoms with E-state index in [1.165, 1.54) is 7.11 Å². The van der Waals surface area contributed by atoms with Crippen LogP contribution in [0.2, 0.25) is 5.02 Å². The van der Waals surface area contributed by atoms with Crippen LogP contribution in [0, 0.1) is 11.8 Å². The summed E-state index contributed by atoms with van der Waals surface area (Å²) in [5, 5.41) is 4.01. The second-order valence-corrected chi connectivity index (χ2v) is 6.13. The fourth-order valence-electron chi connectivity index (χ4n) is 3.17. The van der Waals surface area contributed by atoms with Gasteiger partial charge in [-0.1, -0.05) is 50.4 Å². The molecule has 0 aliphatic heterocycles. The number of hydrogen-bond donors (Lipinski definition) is 1. The van der Waals surface area contributed by atoms with E-state index in [0.29, 0.717) is 10.9 Å². The number of hydrogen-bond acceptors (Lipinski definition) is 3. The lowest BCUT2D eigenvalue weighted by Crippen LogP contribution is -2.56. The minimum absolute atomic E-state index is 0.194. The lowest BCUT2D eigenvalue weighted by molar-refractivity contribution is -0.150. The highest BCUT2D eigenvalue weighted by molar-refractivity contribution is 6.33. The van der Waals surface area contributed by atoms with Crippen molar-refractivity contribution in [3.05, 3.63) is 29.3 Å². The predicted octanol–water partition coefficient (Wildman–Crippen LogP) is 4.12. The van der Waals surface area contributed by atoms with Crippen molar-refractivity contribution in [1.29, 1.82) is 0 Å². The summed E-state index contributed by atoms with van der Waals surface area (Å²) in [6, 6.07) is 7.52. The molecule has 1 aliphatic rings. The second kappa shape index (κ2) is 6.04. The molecule has 1 aromatic rings. The van der Waals surface area contributed by atoms with Crippen molar-refractivity contribution in [1.82, 2.24) is 0 Å². The molecule has 1 fully saturated rings. The number of benzene rings is 1. The number of halogens is 1. The Morgan fingerprint density at radius 1 is 1.40 bits per heavy atom. The largest absolute Gasteiger partial charge is 0.467 e. The zero-order valence-corrected chi connectivity index (χ0v) is 13.0. The summed E-state index contributed by atoms with van der Waals surface area (Å²) < 4.78 is 5.08. The molecule has 0 amide bonds. The molecular weight excluding hydrogens is 274 g/mol. The lowest BCUT2D eigenvalue weighted by Gasteiger charge is -2.44. The van der Waals surface area contributed by atoms with Gasteiger partial charge in [0.05, 0.1) is 17.8 Å². The maximum Gasteiger partial charge on any atom is 0.331 e. The van der Waals surface area contributed by atoms with Crippen molar-refractivity contribution < 1.29 is 9.53 Å². The number of anilines is 1. The number of carbonyl (C=O) groups excluding carboxylic acids is 1. The summed E-state index contributed by atoms with van der Waals surface area (Å²) in [5.74, 6) is 0.467. The van der Waals surface area contributed by atoms with E-state index >= 15 is 0 Å². The van der Waals surface area contributed by atoms with E-state index in [4.69, 9.17) is 16.3 Å². The molecule has 1 aromatic carbocycles. The maximum atomic E-state index is 12.4. The van der Waals surface area contributed by atoms with Gasteiger partial charge in [0.2, 0.25) is 0 Å². The van der Waals surface area contributed by atoms with Crippen molar-refractivity contribution in [3.63, 3.8) is 0 Å². The molecule has 1 N–H and O–H groups in total. The molecule has 3 atom stereocenters. The minimum atomic E-state index is -0.683. The number of carbonyl (C=O) groups is 1. The van der Waals surface area contributed by atoms with Crippen LogP contribution in [0.5, 0.6) is 0 Å². The molecule has 0 aromatic heterocycles. The lowest BCUT2D eigenvalue weighted by atomic mass is 9.68. The maximum absolute atomic E-state index is 12.4. The van der Waals surface area contributed by atoms with Gasteiger partial charge in [0.25, 0.3) is 0 Å². The molecule has 0 saturated heterocycles. The molecule has 0 heterocycles. The number of para-hydroxylation sites is 1. The number of esters is 1. The van der Waals surface area contributed by atoms with Gasteiger partial charge in [0.15, 0.2) is 0 Å². The zero-order valence-electron chi connectivity index (χ0n) is 12.3. The van der Waals surface area contributed by atoms with Crippen LogP contribution in [0.15, 0.2) is 24.3 Å². The molecule has 110 valence electrons. The van der Waals surface area contributed by atoms with Crippen LogP contribution in [-0.2, 0) is 9.53 Å². The average Bonchev–Trinajstić information content (AvgIpc) is 2.45. The van der Waals surface area contributed by atoms with Gasteiger partial charge in [-0.25, -0.2) is 4.79 Å². The summed E-state index contributed by atoms with van der Waals surface area (Å²) in [4.78, 5) is 12.4. The summed E-state index contributed by atoms with van der Waals surface area (Å²) >= 11 is 6.22. The Balaban J connectivity index is 2.38. The number of methoxy groups -OCH3 is 1. The third-order valence-electron chi connectivity index (χ3n) is 4.64. The molecular formula is C16H22ClNO2. The number of ether oxygens (including phenoxy) is 1. The van der Waals surface area contributed by atoms with Crippen LogP contribution < -0.4 is 5.32 Å². The second-order valence-electron chi connectivity index (χ2n) is 5.73. The van der Waals surface area contributed by atoms with Crippen LogP contribution in [0.25, 0.3) is 0 Å². The van der Waals surface area contributed by atoms with Crippen molar-refractivity contribution in [2.45, 2.75) is 38.6 Å². The van der Waals surface area contributed by atoms with E-state index in [9.17, 15) is 4.79 Å². The van der Waals surface area contributed by atoms with Crippen molar-refractivity contribution in [3.8, 4) is 0 Å². The van der Waals surface area contributed by atoms with Crippen LogP contribution in [0.1, 0.15) is 33.1 Å². The molecule has 4 heteroatoms. The molecule has 0 spiro atoms. The summed E-state index contributed by atoms with van der Waals surface area (Å²) in [6.45, 7) is 4.31. The topological polar surface area (TPSA) is 38.3 Å².